The molecule has 2 aromatic carbocycles. The second kappa shape index (κ2) is 8.64. The predicted molar refractivity (Wildman–Crippen MR) is 130 cm³/mol. The number of carbonyl (C=O) groups excluding carboxylic acids is 2. The van der Waals surface area contributed by atoms with Gasteiger partial charge in [0.05, 0.1) is 13.1 Å². The van der Waals surface area contributed by atoms with E-state index in [0.717, 1.165) is 43.5 Å². The molecule has 3 aliphatic heterocycles. The monoisotopic (exact) mass is 472 g/mol. The molecule has 2 bridgehead atoms. The van der Waals surface area contributed by atoms with Gasteiger partial charge in [-0.15, -0.1) is 0 Å². The summed E-state index contributed by atoms with van der Waals surface area (Å²) < 4.78 is 12.0. The zero-order chi connectivity index (χ0) is 24.0. The molecule has 7 rings (SSSR count). The molecule has 0 saturated carbocycles. The largest absolute Gasteiger partial charge is 0.455 e. The summed E-state index contributed by atoms with van der Waals surface area (Å²) in [6.07, 6.45) is 2.59. The van der Waals surface area contributed by atoms with Gasteiger partial charge in [0.25, 0.3) is 5.91 Å². The van der Waals surface area contributed by atoms with Gasteiger partial charge in [-0.25, -0.2) is 0 Å². The predicted octanol–water partition coefficient (Wildman–Crippen LogP) is 3.81. The van der Waals surface area contributed by atoms with E-state index < -0.39 is 5.92 Å². The first-order valence-corrected chi connectivity index (χ1v) is 12.4. The summed E-state index contributed by atoms with van der Waals surface area (Å²) in [7, 11) is 0. The highest BCUT2D eigenvalue weighted by Crippen LogP contribution is 2.40. The molecule has 1 N–H and O–H groups in total. The van der Waals surface area contributed by atoms with Crippen LogP contribution >= 0.6 is 0 Å². The number of esters is 1. The van der Waals surface area contributed by atoms with Crippen LogP contribution in [-0.2, 0) is 20.7 Å². The first kappa shape index (κ1) is 22.0. The normalized spacial score (nSPS) is 24.9. The average Bonchev–Trinajstić information content (AvgIpc) is 3.26. The second-order valence-corrected chi connectivity index (χ2v) is 10.3. The molecule has 35 heavy (non-hydrogen) atoms. The Labute approximate surface area is 204 Å². The van der Waals surface area contributed by atoms with Crippen LogP contribution in [0.25, 0.3) is 0 Å². The van der Waals surface area contributed by atoms with Gasteiger partial charge in [-0.1, -0.05) is 53.7 Å². The molecule has 1 amide bonds. The van der Waals surface area contributed by atoms with E-state index in [1.165, 1.54) is 11.1 Å². The molecule has 3 aromatic rings. The molecule has 3 saturated heterocycles. The van der Waals surface area contributed by atoms with Crippen molar-refractivity contribution < 1.29 is 23.3 Å². The van der Waals surface area contributed by atoms with Crippen LogP contribution in [0.4, 0.5) is 5.82 Å². The fourth-order valence-corrected chi connectivity index (χ4v) is 6.29. The highest BCUT2D eigenvalue weighted by molar-refractivity contribution is 5.90. The van der Waals surface area contributed by atoms with Crippen LogP contribution in [0.15, 0.2) is 59.1 Å². The average molecular weight is 473 g/mol. The number of amides is 1. The summed E-state index contributed by atoms with van der Waals surface area (Å²) in [4.78, 5) is 26.5. The van der Waals surface area contributed by atoms with Crippen LogP contribution < -0.4 is 5.32 Å². The van der Waals surface area contributed by atoms with Crippen molar-refractivity contribution in [2.45, 2.75) is 38.2 Å². The maximum atomic E-state index is 13.7. The third kappa shape index (κ3) is 4.14. The SMILES string of the molecule is Cc1cc(NC(=O)C[N+]23CCC(CC2)C(OC(=O)C2c4ccccc4Cc4ccccc42)C3)no1. The van der Waals surface area contributed by atoms with Gasteiger partial charge in [-0.05, 0) is 35.6 Å². The number of anilines is 1. The van der Waals surface area contributed by atoms with Crippen molar-refractivity contribution in [3.63, 3.8) is 0 Å². The zero-order valence-electron chi connectivity index (χ0n) is 19.9. The van der Waals surface area contributed by atoms with Crippen molar-refractivity contribution in [1.82, 2.24) is 5.16 Å². The molecule has 3 fully saturated rings. The van der Waals surface area contributed by atoms with E-state index in [1.807, 2.05) is 24.3 Å². The van der Waals surface area contributed by atoms with Crippen LogP contribution in [0.3, 0.4) is 0 Å². The van der Waals surface area contributed by atoms with Crippen molar-refractivity contribution in [3.8, 4) is 0 Å². The van der Waals surface area contributed by atoms with E-state index in [1.54, 1.807) is 13.0 Å². The number of aromatic nitrogens is 1. The number of hydrogen-bond donors (Lipinski definition) is 1. The molecule has 0 radical (unpaired) electrons. The summed E-state index contributed by atoms with van der Waals surface area (Å²) in [6, 6.07) is 18.1. The Morgan fingerprint density at radius 2 is 1.71 bits per heavy atom. The van der Waals surface area contributed by atoms with Crippen LogP contribution in [0, 0.1) is 12.8 Å². The molecular formula is C28H30N3O4+. The molecule has 0 spiro atoms. The maximum Gasteiger partial charge on any atom is 0.318 e. The lowest BCUT2D eigenvalue weighted by molar-refractivity contribution is -0.938. The van der Waals surface area contributed by atoms with Crippen LogP contribution in [0.2, 0.25) is 0 Å². The molecule has 1 aromatic heterocycles. The number of carbonyl (C=O) groups is 2. The van der Waals surface area contributed by atoms with Crippen molar-refractivity contribution in [1.29, 1.82) is 0 Å². The quantitative estimate of drug-likeness (QED) is 0.451. The summed E-state index contributed by atoms with van der Waals surface area (Å²) in [5.41, 5.74) is 4.46. The van der Waals surface area contributed by atoms with Crippen LogP contribution in [0.5, 0.6) is 0 Å². The van der Waals surface area contributed by atoms with E-state index in [-0.39, 0.29) is 18.0 Å². The summed E-state index contributed by atoms with van der Waals surface area (Å²) in [5.74, 6) is 0.787. The summed E-state index contributed by atoms with van der Waals surface area (Å²) in [5, 5.41) is 6.72. The van der Waals surface area contributed by atoms with Crippen molar-refractivity contribution in [2.75, 3.05) is 31.5 Å². The Morgan fingerprint density at radius 1 is 1.06 bits per heavy atom. The highest BCUT2D eigenvalue weighted by Gasteiger charge is 2.49. The Balaban J connectivity index is 1.19. The van der Waals surface area contributed by atoms with E-state index in [9.17, 15) is 9.59 Å². The smallest absolute Gasteiger partial charge is 0.318 e. The number of piperidine rings is 3. The number of nitrogens with one attached hydrogen (secondary N) is 1. The fourth-order valence-electron chi connectivity index (χ4n) is 6.29. The van der Waals surface area contributed by atoms with Gasteiger partial charge in [0.15, 0.2) is 18.5 Å². The Morgan fingerprint density at radius 3 is 2.34 bits per heavy atom. The molecule has 180 valence electrons. The standard InChI is InChI=1S/C28H29N3O4/c1-18-14-25(30-35-18)29-26(32)17-31-12-10-19(11-13-31)24(16-31)34-28(33)27-22-8-4-2-6-20(22)15-21-7-3-5-9-23(21)27/h2-9,14,19,24,27H,10-13,15-17H2,1H3/p+1. The van der Waals surface area contributed by atoms with E-state index >= 15 is 0 Å². The molecule has 4 heterocycles. The number of fused-ring (bicyclic) bond motifs is 5. The van der Waals surface area contributed by atoms with Crippen molar-refractivity contribution in [3.05, 3.63) is 82.6 Å². The summed E-state index contributed by atoms with van der Waals surface area (Å²) in [6.45, 7) is 4.68. The van der Waals surface area contributed by atoms with E-state index in [4.69, 9.17) is 9.26 Å². The fraction of sp³-hybridized carbons (Fsp3) is 0.393. The number of quaternary nitrogens is 1. The Bertz CT molecular complexity index is 1230. The maximum absolute atomic E-state index is 13.7. The Hall–Kier alpha value is -3.45. The number of rotatable bonds is 5. The minimum Gasteiger partial charge on any atom is -0.455 e. The third-order valence-corrected chi connectivity index (χ3v) is 8.03. The van der Waals surface area contributed by atoms with Crippen LogP contribution in [-0.4, -0.2) is 53.8 Å². The van der Waals surface area contributed by atoms with Gasteiger partial charge in [0.2, 0.25) is 0 Å². The van der Waals surface area contributed by atoms with Gasteiger partial charge in [0, 0.05) is 24.8 Å². The van der Waals surface area contributed by atoms with Crippen molar-refractivity contribution >= 4 is 17.7 Å². The number of aryl methyl sites for hydroxylation is 1. The lowest BCUT2D eigenvalue weighted by atomic mass is 9.78. The molecule has 1 atom stereocenters. The number of ether oxygens (including phenoxy) is 1. The van der Waals surface area contributed by atoms with E-state index in [0.29, 0.717) is 35.1 Å². The second-order valence-electron chi connectivity index (χ2n) is 10.3. The number of hydrogen-bond acceptors (Lipinski definition) is 5. The van der Waals surface area contributed by atoms with Gasteiger partial charge >= 0.3 is 5.97 Å². The van der Waals surface area contributed by atoms with E-state index in [2.05, 4.69) is 34.7 Å². The minimum atomic E-state index is -0.404. The molecule has 7 heteroatoms. The Kier molecular flexibility index (Phi) is 5.44. The lowest BCUT2D eigenvalue weighted by Gasteiger charge is -2.51. The first-order valence-electron chi connectivity index (χ1n) is 12.4. The summed E-state index contributed by atoms with van der Waals surface area (Å²) >= 11 is 0. The first-order chi connectivity index (χ1) is 17.0. The minimum absolute atomic E-state index is 0.0844. The number of nitrogens with zero attached hydrogens (tertiary/aromatic N) is 2. The molecule has 1 unspecified atom stereocenters. The molecular weight excluding hydrogens is 442 g/mol. The van der Waals surface area contributed by atoms with Gasteiger partial charge < -0.3 is 19.1 Å². The van der Waals surface area contributed by atoms with Gasteiger partial charge in [-0.2, -0.15) is 0 Å². The molecule has 1 aliphatic carbocycles. The molecule has 7 nitrogen and oxygen atoms in total. The van der Waals surface area contributed by atoms with Gasteiger partial charge in [-0.3, -0.25) is 9.59 Å². The lowest BCUT2D eigenvalue weighted by Crippen LogP contribution is -2.66. The zero-order valence-corrected chi connectivity index (χ0v) is 19.9. The molecule has 4 aliphatic rings. The van der Waals surface area contributed by atoms with Gasteiger partial charge in [0.1, 0.15) is 18.2 Å². The van der Waals surface area contributed by atoms with Crippen molar-refractivity contribution in [2.24, 2.45) is 5.92 Å². The third-order valence-electron chi connectivity index (χ3n) is 8.03. The topological polar surface area (TPSA) is 81.4 Å². The highest BCUT2D eigenvalue weighted by atomic mass is 16.5. The number of benzene rings is 2. The van der Waals surface area contributed by atoms with Crippen LogP contribution in [0.1, 0.15) is 46.8 Å².